The topological polar surface area (TPSA) is 73.2 Å². The van der Waals surface area contributed by atoms with E-state index in [-0.39, 0.29) is 17.2 Å². The van der Waals surface area contributed by atoms with E-state index in [1.807, 2.05) is 95.0 Å². The third-order valence-electron chi connectivity index (χ3n) is 6.73. The number of hydrogen-bond acceptors (Lipinski definition) is 5. The van der Waals surface area contributed by atoms with Gasteiger partial charge >= 0.3 is 0 Å². The van der Waals surface area contributed by atoms with Crippen molar-refractivity contribution in [2.24, 2.45) is 0 Å². The van der Waals surface area contributed by atoms with E-state index in [1.165, 1.54) is 0 Å². The summed E-state index contributed by atoms with van der Waals surface area (Å²) in [6.07, 6.45) is 0. The van der Waals surface area contributed by atoms with Crippen molar-refractivity contribution in [1.29, 1.82) is 0 Å². The van der Waals surface area contributed by atoms with Crippen molar-refractivity contribution in [3.63, 3.8) is 0 Å². The molecule has 35 heavy (non-hydrogen) atoms. The lowest BCUT2D eigenvalue weighted by Gasteiger charge is -2.31. The van der Waals surface area contributed by atoms with E-state index in [1.54, 1.807) is 12.1 Å². The zero-order valence-electron chi connectivity index (χ0n) is 21.0. The van der Waals surface area contributed by atoms with Gasteiger partial charge in [0.2, 0.25) is 0 Å². The lowest BCUT2D eigenvalue weighted by molar-refractivity contribution is 0.458. The van der Waals surface area contributed by atoms with Gasteiger partial charge in [0.25, 0.3) is 0 Å². The van der Waals surface area contributed by atoms with Crippen molar-refractivity contribution in [2.75, 3.05) is 4.90 Å². The predicted octanol–water partition coefficient (Wildman–Crippen LogP) is 7.92. The molecule has 5 nitrogen and oxygen atoms in total. The molecule has 0 amide bonds. The number of aryl methyl sites for hydroxylation is 2. The molecule has 0 unspecified atom stereocenters. The normalized spacial score (nSPS) is 10.9. The van der Waals surface area contributed by atoms with Crippen molar-refractivity contribution < 1.29 is 20.1 Å². The lowest BCUT2D eigenvalue weighted by atomic mass is 10.0. The highest BCUT2D eigenvalue weighted by molar-refractivity contribution is 5.85. The lowest BCUT2D eigenvalue weighted by Crippen LogP contribution is -2.14. The van der Waals surface area contributed by atoms with Crippen LogP contribution in [-0.4, -0.2) is 15.3 Å². The first-order chi connectivity index (χ1) is 16.6. The fraction of sp³-hybridized carbons (Fsp3) is 0.200. The Morgan fingerprint density at radius 1 is 0.514 bits per heavy atom. The zero-order valence-corrected chi connectivity index (χ0v) is 21.0. The number of aromatic hydroxyl groups is 3. The van der Waals surface area contributed by atoms with E-state index < -0.39 is 0 Å². The Balaban J connectivity index is 1.97. The van der Waals surface area contributed by atoms with E-state index in [0.717, 1.165) is 50.4 Å². The van der Waals surface area contributed by atoms with Gasteiger partial charge in [-0.15, -0.1) is 0 Å². The first-order valence-electron chi connectivity index (χ1n) is 11.6. The minimum Gasteiger partial charge on any atom is -0.508 e. The van der Waals surface area contributed by atoms with Gasteiger partial charge in [-0.25, -0.2) is 0 Å². The second kappa shape index (κ2) is 9.26. The summed E-state index contributed by atoms with van der Waals surface area (Å²) in [4.78, 5) is 2.00. The minimum absolute atomic E-state index is 0.223. The van der Waals surface area contributed by atoms with E-state index in [9.17, 15) is 15.3 Å². The third kappa shape index (κ3) is 4.26. The predicted molar refractivity (Wildman–Crippen MR) is 141 cm³/mol. The Hall–Kier alpha value is -4.12. The van der Waals surface area contributed by atoms with E-state index in [0.29, 0.717) is 11.5 Å². The van der Waals surface area contributed by atoms with Crippen LogP contribution in [0.15, 0.2) is 60.7 Å². The van der Waals surface area contributed by atoms with Gasteiger partial charge < -0.3 is 25.0 Å². The molecule has 4 aromatic carbocycles. The molecule has 0 heterocycles. The molecule has 0 fully saturated rings. The number of benzene rings is 4. The van der Waals surface area contributed by atoms with Crippen molar-refractivity contribution in [3.8, 4) is 28.7 Å². The summed E-state index contributed by atoms with van der Waals surface area (Å²) in [7, 11) is 0. The van der Waals surface area contributed by atoms with Crippen LogP contribution in [0.5, 0.6) is 28.7 Å². The number of phenols is 3. The molecular weight excluding hydrogens is 438 g/mol. The smallest absolute Gasteiger partial charge is 0.151 e. The zero-order chi connectivity index (χ0) is 25.4. The maximum absolute atomic E-state index is 10.8. The molecule has 0 aliphatic carbocycles. The molecule has 180 valence electrons. The summed E-state index contributed by atoms with van der Waals surface area (Å²) in [5, 5.41) is 31.6. The molecule has 0 radical (unpaired) electrons. The van der Waals surface area contributed by atoms with E-state index in [4.69, 9.17) is 4.74 Å². The Morgan fingerprint density at radius 2 is 1.06 bits per heavy atom. The van der Waals surface area contributed by atoms with Gasteiger partial charge in [0.1, 0.15) is 23.0 Å². The fourth-order valence-corrected chi connectivity index (χ4v) is 4.26. The highest BCUT2D eigenvalue weighted by atomic mass is 16.5. The molecule has 4 aromatic rings. The Labute approximate surface area is 206 Å². The van der Waals surface area contributed by atoms with Crippen molar-refractivity contribution in [1.82, 2.24) is 0 Å². The number of para-hydroxylation sites is 2. The fourth-order valence-electron chi connectivity index (χ4n) is 4.26. The van der Waals surface area contributed by atoms with Gasteiger partial charge in [-0.1, -0.05) is 24.3 Å². The Kier molecular flexibility index (Phi) is 6.35. The van der Waals surface area contributed by atoms with E-state index >= 15 is 0 Å². The standard InChI is InChI=1S/C30H31NO4/c1-17-11-13-23(21(5)29(17)33)31(24-14-12-18(2)30(34)22(24)6)25-9-7-8-10-28(25)35-27-16-15-26(32)19(3)20(27)4/h7-16,32-34H,1-6H3. The largest absolute Gasteiger partial charge is 0.508 e. The highest BCUT2D eigenvalue weighted by Gasteiger charge is 2.24. The summed E-state index contributed by atoms with van der Waals surface area (Å²) in [5.74, 6) is 1.91. The Bertz CT molecular complexity index is 1370. The first-order valence-corrected chi connectivity index (χ1v) is 11.6. The average molecular weight is 470 g/mol. The maximum atomic E-state index is 10.8. The number of anilines is 3. The number of phenolic OH excluding ortho intramolecular Hbond substituents is 3. The number of nitrogens with zero attached hydrogens (tertiary/aromatic N) is 1. The highest BCUT2D eigenvalue weighted by Crippen LogP contribution is 2.47. The molecule has 0 aliphatic heterocycles. The third-order valence-corrected chi connectivity index (χ3v) is 6.73. The molecule has 5 heteroatoms. The monoisotopic (exact) mass is 469 g/mol. The molecule has 3 N–H and O–H groups in total. The minimum atomic E-state index is 0.223. The van der Waals surface area contributed by atoms with Gasteiger partial charge in [-0.3, -0.25) is 0 Å². The van der Waals surface area contributed by atoms with Gasteiger partial charge in [-0.05, 0) is 100 Å². The van der Waals surface area contributed by atoms with Crippen molar-refractivity contribution >= 4 is 17.1 Å². The van der Waals surface area contributed by atoms with Crippen molar-refractivity contribution in [2.45, 2.75) is 41.5 Å². The molecule has 0 aromatic heterocycles. The molecule has 0 atom stereocenters. The van der Waals surface area contributed by atoms with Gasteiger partial charge in [-0.2, -0.15) is 0 Å². The SMILES string of the molecule is Cc1ccc(N(c2ccccc2Oc2ccc(O)c(C)c2C)c2ccc(C)c(O)c2C)c(C)c1O. The second-order valence-corrected chi connectivity index (χ2v) is 8.99. The van der Waals surface area contributed by atoms with Gasteiger partial charge in [0, 0.05) is 11.1 Å². The van der Waals surface area contributed by atoms with Crippen LogP contribution in [0.2, 0.25) is 0 Å². The molecular formula is C30H31NO4. The average Bonchev–Trinajstić information content (AvgIpc) is 2.85. The summed E-state index contributed by atoms with van der Waals surface area (Å²) in [5.41, 5.74) is 6.91. The van der Waals surface area contributed by atoms with E-state index in [2.05, 4.69) is 0 Å². The van der Waals surface area contributed by atoms with Crippen LogP contribution in [-0.2, 0) is 0 Å². The summed E-state index contributed by atoms with van der Waals surface area (Å²) >= 11 is 0. The van der Waals surface area contributed by atoms with Crippen LogP contribution in [0.4, 0.5) is 17.1 Å². The summed E-state index contributed by atoms with van der Waals surface area (Å²) in [6.45, 7) is 11.3. The van der Waals surface area contributed by atoms with Crippen LogP contribution in [0.25, 0.3) is 0 Å². The van der Waals surface area contributed by atoms with Crippen LogP contribution < -0.4 is 9.64 Å². The molecule has 0 spiro atoms. The maximum Gasteiger partial charge on any atom is 0.151 e. The van der Waals surface area contributed by atoms with Crippen LogP contribution in [0.1, 0.15) is 33.4 Å². The Morgan fingerprint density at radius 3 is 1.63 bits per heavy atom. The quantitative estimate of drug-likeness (QED) is 0.277. The second-order valence-electron chi connectivity index (χ2n) is 8.99. The molecule has 0 aliphatic rings. The molecule has 0 saturated heterocycles. The number of hydrogen-bond donors (Lipinski definition) is 3. The summed E-state index contributed by atoms with van der Waals surface area (Å²) in [6, 6.07) is 18.7. The molecule has 0 bridgehead atoms. The van der Waals surface area contributed by atoms with Crippen molar-refractivity contribution in [3.05, 3.63) is 94.0 Å². The number of rotatable bonds is 5. The molecule has 4 rings (SSSR count). The summed E-state index contributed by atoms with van der Waals surface area (Å²) < 4.78 is 6.41. The first kappa shape index (κ1) is 24.0. The van der Waals surface area contributed by atoms with Crippen LogP contribution in [0, 0.1) is 41.5 Å². The molecule has 0 saturated carbocycles. The number of ether oxygens (including phenoxy) is 1. The van der Waals surface area contributed by atoms with Gasteiger partial charge in [0.15, 0.2) is 5.75 Å². The van der Waals surface area contributed by atoms with Crippen LogP contribution in [0.3, 0.4) is 0 Å². The van der Waals surface area contributed by atoms with Gasteiger partial charge in [0.05, 0.1) is 17.1 Å². The van der Waals surface area contributed by atoms with Crippen LogP contribution >= 0.6 is 0 Å².